The molecule has 7 nitrogen and oxygen atoms in total. The lowest BCUT2D eigenvalue weighted by molar-refractivity contribution is -0.124. The predicted molar refractivity (Wildman–Crippen MR) is 155 cm³/mol. The quantitative estimate of drug-likeness (QED) is 0.225. The number of anilines is 3. The van der Waals surface area contributed by atoms with Crippen LogP contribution in [0.3, 0.4) is 0 Å². The molecule has 4 aromatic rings. The highest BCUT2D eigenvalue weighted by Crippen LogP contribution is 2.23. The molecule has 0 aliphatic rings. The van der Waals surface area contributed by atoms with E-state index in [1.165, 1.54) is 0 Å². The van der Waals surface area contributed by atoms with Gasteiger partial charge in [-0.1, -0.05) is 87.0 Å². The van der Waals surface area contributed by atoms with Crippen molar-refractivity contribution in [1.29, 1.82) is 0 Å². The van der Waals surface area contributed by atoms with Crippen LogP contribution in [0.5, 0.6) is 0 Å². The van der Waals surface area contributed by atoms with Crippen molar-refractivity contribution in [3.05, 3.63) is 126 Å². The second kappa shape index (κ2) is 13.1. The van der Waals surface area contributed by atoms with Crippen LogP contribution >= 0.6 is 0 Å². The first-order valence-corrected chi connectivity index (χ1v) is 12.9. The van der Waals surface area contributed by atoms with Crippen LogP contribution in [0, 0.1) is 5.92 Å². The number of hydrazine groups is 1. The van der Waals surface area contributed by atoms with Crippen LogP contribution in [0.25, 0.3) is 0 Å². The predicted octanol–water partition coefficient (Wildman–Crippen LogP) is 5.95. The molecule has 0 saturated heterocycles. The summed E-state index contributed by atoms with van der Waals surface area (Å²) in [6.45, 7) is 3.89. The van der Waals surface area contributed by atoms with Crippen molar-refractivity contribution in [1.82, 2.24) is 10.7 Å². The Kier molecular flexibility index (Phi) is 9.08. The lowest BCUT2D eigenvalue weighted by Gasteiger charge is -2.30. The number of hydrogen-bond donors (Lipinski definition) is 3. The first-order chi connectivity index (χ1) is 19.0. The molecule has 0 fully saturated rings. The summed E-state index contributed by atoms with van der Waals surface area (Å²) < 4.78 is 0. The second-order valence-corrected chi connectivity index (χ2v) is 9.18. The molecule has 39 heavy (non-hydrogen) atoms. The van der Waals surface area contributed by atoms with Gasteiger partial charge in [-0.05, 0) is 54.4 Å². The van der Waals surface area contributed by atoms with Gasteiger partial charge in [-0.3, -0.25) is 24.8 Å². The summed E-state index contributed by atoms with van der Waals surface area (Å²) in [6, 6.07) is 33.7. The Labute approximate surface area is 228 Å². The van der Waals surface area contributed by atoms with Crippen molar-refractivity contribution >= 4 is 34.8 Å². The SMILES string of the molecule is CC[C@@H](C)[C@H](NC(=O)c1ccccc1NC(=O)c1ccccc1)C(=O)NN(c1ccccc1)c1ccccc1. The van der Waals surface area contributed by atoms with Gasteiger partial charge in [0.2, 0.25) is 0 Å². The van der Waals surface area contributed by atoms with E-state index in [1.54, 1.807) is 53.5 Å². The highest BCUT2D eigenvalue weighted by atomic mass is 16.2. The lowest BCUT2D eigenvalue weighted by atomic mass is 9.98. The summed E-state index contributed by atoms with van der Waals surface area (Å²) in [5.41, 5.74) is 5.67. The maximum atomic E-state index is 13.7. The van der Waals surface area contributed by atoms with Crippen LogP contribution < -0.4 is 21.1 Å². The number of nitrogens with zero attached hydrogens (tertiary/aromatic N) is 1. The molecule has 0 heterocycles. The standard InChI is InChI=1S/C32H32N4O3/c1-3-23(2)29(32(39)35-36(25-17-9-5-10-18-25)26-19-11-6-12-20-26)34-31(38)27-21-13-14-22-28(27)33-30(37)24-15-7-4-8-16-24/h4-23,29H,3H2,1-2H3,(H,33,37)(H,34,38)(H,35,39)/t23-,29+/m1/s1. The minimum Gasteiger partial charge on any atom is -0.340 e. The number of para-hydroxylation sites is 3. The van der Waals surface area contributed by atoms with Crippen molar-refractivity contribution < 1.29 is 14.4 Å². The Balaban J connectivity index is 1.56. The molecule has 0 aliphatic carbocycles. The average Bonchev–Trinajstić information content (AvgIpc) is 2.99. The van der Waals surface area contributed by atoms with Gasteiger partial charge in [0.15, 0.2) is 0 Å². The molecule has 7 heteroatoms. The molecule has 3 amide bonds. The molecule has 198 valence electrons. The topological polar surface area (TPSA) is 90.5 Å². The second-order valence-electron chi connectivity index (χ2n) is 9.18. The Hall–Kier alpha value is -4.91. The Bertz CT molecular complexity index is 1360. The van der Waals surface area contributed by atoms with Crippen molar-refractivity contribution in [3.63, 3.8) is 0 Å². The Morgan fingerprint density at radius 3 is 1.77 bits per heavy atom. The molecule has 0 saturated carbocycles. The molecule has 0 unspecified atom stereocenters. The van der Waals surface area contributed by atoms with Crippen LogP contribution in [0.15, 0.2) is 115 Å². The fraction of sp³-hybridized carbons (Fsp3) is 0.156. The molecule has 4 aromatic carbocycles. The molecule has 4 rings (SSSR count). The number of carbonyl (C=O) groups excluding carboxylic acids is 3. The third-order valence-corrected chi connectivity index (χ3v) is 6.49. The van der Waals surface area contributed by atoms with Crippen molar-refractivity contribution in [2.24, 2.45) is 5.92 Å². The van der Waals surface area contributed by atoms with E-state index in [1.807, 2.05) is 80.6 Å². The molecule has 0 aliphatic heterocycles. The number of hydrogen-bond acceptors (Lipinski definition) is 4. The van der Waals surface area contributed by atoms with Gasteiger partial charge >= 0.3 is 0 Å². The van der Waals surface area contributed by atoms with Gasteiger partial charge in [-0.2, -0.15) is 0 Å². The molecule has 0 spiro atoms. The summed E-state index contributed by atoms with van der Waals surface area (Å²) in [7, 11) is 0. The van der Waals surface area contributed by atoms with E-state index < -0.39 is 11.9 Å². The fourth-order valence-electron chi connectivity index (χ4n) is 4.11. The van der Waals surface area contributed by atoms with E-state index in [-0.39, 0.29) is 23.3 Å². The van der Waals surface area contributed by atoms with E-state index >= 15 is 0 Å². The van der Waals surface area contributed by atoms with Gasteiger partial charge in [0.1, 0.15) is 6.04 Å². The third-order valence-electron chi connectivity index (χ3n) is 6.49. The Morgan fingerprint density at radius 2 is 1.21 bits per heavy atom. The van der Waals surface area contributed by atoms with E-state index in [0.717, 1.165) is 11.4 Å². The minimum absolute atomic E-state index is 0.159. The summed E-state index contributed by atoms with van der Waals surface area (Å²) in [4.78, 5) is 39.9. The fourth-order valence-corrected chi connectivity index (χ4v) is 4.11. The van der Waals surface area contributed by atoms with Crippen LogP contribution in [-0.4, -0.2) is 23.8 Å². The summed E-state index contributed by atoms with van der Waals surface area (Å²) in [5.74, 6) is -1.29. The van der Waals surface area contributed by atoms with Gasteiger partial charge < -0.3 is 10.6 Å². The van der Waals surface area contributed by atoms with Crippen molar-refractivity contribution in [2.45, 2.75) is 26.3 Å². The average molecular weight is 521 g/mol. The maximum Gasteiger partial charge on any atom is 0.261 e. The lowest BCUT2D eigenvalue weighted by Crippen LogP contribution is -2.54. The smallest absolute Gasteiger partial charge is 0.261 e. The van der Waals surface area contributed by atoms with Crippen LogP contribution in [0.2, 0.25) is 0 Å². The number of benzene rings is 4. The van der Waals surface area contributed by atoms with E-state index in [2.05, 4.69) is 16.1 Å². The van der Waals surface area contributed by atoms with Gasteiger partial charge in [-0.15, -0.1) is 0 Å². The largest absolute Gasteiger partial charge is 0.340 e. The molecule has 3 N–H and O–H groups in total. The number of carbonyl (C=O) groups is 3. The van der Waals surface area contributed by atoms with Gasteiger partial charge in [0, 0.05) is 5.56 Å². The molecule has 0 aromatic heterocycles. The zero-order valence-electron chi connectivity index (χ0n) is 22.0. The van der Waals surface area contributed by atoms with E-state index in [9.17, 15) is 14.4 Å². The van der Waals surface area contributed by atoms with Crippen LogP contribution in [0.4, 0.5) is 17.1 Å². The number of nitrogens with one attached hydrogen (secondary N) is 3. The number of rotatable bonds is 10. The number of amides is 3. The normalized spacial score (nSPS) is 12.1. The highest BCUT2D eigenvalue weighted by molar-refractivity contribution is 6.09. The first kappa shape index (κ1) is 27.1. The van der Waals surface area contributed by atoms with E-state index in [0.29, 0.717) is 17.7 Å². The Morgan fingerprint density at radius 1 is 0.692 bits per heavy atom. The minimum atomic E-state index is -0.824. The molecular weight excluding hydrogens is 488 g/mol. The van der Waals surface area contributed by atoms with Crippen molar-refractivity contribution in [2.75, 3.05) is 10.3 Å². The summed E-state index contributed by atoms with van der Waals surface area (Å²) >= 11 is 0. The summed E-state index contributed by atoms with van der Waals surface area (Å²) in [6.07, 6.45) is 0.668. The van der Waals surface area contributed by atoms with Crippen LogP contribution in [-0.2, 0) is 4.79 Å². The van der Waals surface area contributed by atoms with Crippen LogP contribution in [0.1, 0.15) is 41.0 Å². The molecule has 2 atom stereocenters. The monoisotopic (exact) mass is 520 g/mol. The zero-order valence-corrected chi connectivity index (χ0v) is 22.0. The highest BCUT2D eigenvalue weighted by Gasteiger charge is 2.29. The van der Waals surface area contributed by atoms with Gasteiger partial charge in [0.05, 0.1) is 22.6 Å². The van der Waals surface area contributed by atoms with Gasteiger partial charge in [0.25, 0.3) is 17.7 Å². The zero-order chi connectivity index (χ0) is 27.6. The van der Waals surface area contributed by atoms with Crippen molar-refractivity contribution in [3.8, 4) is 0 Å². The summed E-state index contributed by atoms with van der Waals surface area (Å²) in [5, 5.41) is 7.44. The maximum absolute atomic E-state index is 13.7. The molecule has 0 bridgehead atoms. The van der Waals surface area contributed by atoms with E-state index in [4.69, 9.17) is 0 Å². The molecule has 0 radical (unpaired) electrons. The third kappa shape index (κ3) is 6.90. The first-order valence-electron chi connectivity index (χ1n) is 12.9. The molecular formula is C32H32N4O3. The van der Waals surface area contributed by atoms with Gasteiger partial charge in [-0.25, -0.2) is 0 Å².